The van der Waals surface area contributed by atoms with Crippen LogP contribution < -0.4 is 14.5 Å². The maximum atomic E-state index is 12.9. The van der Waals surface area contributed by atoms with Crippen LogP contribution in [0.4, 0.5) is 11.4 Å². The molecule has 4 amide bonds. The minimum Gasteiger partial charge on any atom is -0.507 e. The van der Waals surface area contributed by atoms with Crippen molar-refractivity contribution < 1.29 is 48.1 Å². The monoisotopic (exact) mass is 800 g/mol. The van der Waals surface area contributed by atoms with Gasteiger partial charge in [0.2, 0.25) is 0 Å². The van der Waals surface area contributed by atoms with Crippen molar-refractivity contribution in [1.82, 2.24) is 0 Å². The van der Waals surface area contributed by atoms with E-state index in [0.29, 0.717) is 11.1 Å². The molecule has 53 heavy (non-hydrogen) atoms. The van der Waals surface area contributed by atoms with E-state index in [1.807, 2.05) is 0 Å². The second-order valence-corrected chi connectivity index (χ2v) is 12.9. The number of esters is 2. The zero-order chi connectivity index (χ0) is 38.7. The average Bonchev–Trinajstić information content (AvgIpc) is 3.53. The van der Waals surface area contributed by atoms with E-state index >= 15 is 0 Å². The van der Waals surface area contributed by atoms with Gasteiger partial charge in [0.15, 0.2) is 0 Å². The molecule has 4 aromatic rings. The van der Waals surface area contributed by atoms with Gasteiger partial charge in [-0.3, -0.25) is 28.8 Å². The number of benzene rings is 4. The Hall–Kier alpha value is -5.14. The van der Waals surface area contributed by atoms with Crippen molar-refractivity contribution in [2.45, 2.75) is 26.7 Å². The van der Waals surface area contributed by atoms with Crippen molar-refractivity contribution in [2.24, 2.45) is 0 Å². The molecular weight excluding hydrogens is 774 g/mol. The Morgan fingerprint density at radius 3 is 1.42 bits per heavy atom. The van der Waals surface area contributed by atoms with E-state index in [-0.39, 0.29) is 91.3 Å². The lowest BCUT2D eigenvalue weighted by Crippen LogP contribution is -2.29. The summed E-state index contributed by atoms with van der Waals surface area (Å²) in [6.07, 6.45) is 0.0538. The maximum absolute atomic E-state index is 12.9. The number of aromatic hydroxyl groups is 1. The molecule has 12 nitrogen and oxygen atoms in total. The first-order valence-electron chi connectivity index (χ1n) is 15.8. The molecule has 4 aromatic carbocycles. The molecule has 0 aromatic heterocycles. The molecular formula is C37H28Cl4N2O10. The summed E-state index contributed by atoms with van der Waals surface area (Å²) in [5.41, 5.74) is 1.48. The van der Waals surface area contributed by atoms with Crippen LogP contribution >= 0.6 is 46.4 Å². The molecule has 0 bridgehead atoms. The second kappa shape index (κ2) is 16.3. The number of halogens is 4. The molecule has 6 rings (SSSR count). The first kappa shape index (κ1) is 39.1. The van der Waals surface area contributed by atoms with Crippen LogP contribution in [-0.2, 0) is 31.9 Å². The van der Waals surface area contributed by atoms with Crippen LogP contribution in [0.15, 0.2) is 60.7 Å². The van der Waals surface area contributed by atoms with Gasteiger partial charge in [-0.05, 0) is 73.5 Å². The smallest absolute Gasteiger partial charge is 0.310 e. The summed E-state index contributed by atoms with van der Waals surface area (Å²) in [7, 11) is 1.40. The van der Waals surface area contributed by atoms with Crippen molar-refractivity contribution in [3.8, 4) is 11.5 Å². The van der Waals surface area contributed by atoms with Crippen LogP contribution in [0.3, 0.4) is 0 Å². The highest BCUT2D eigenvalue weighted by Gasteiger charge is 2.43. The molecule has 274 valence electrons. The highest BCUT2D eigenvalue weighted by Crippen LogP contribution is 2.41. The molecule has 2 aliphatic rings. The Morgan fingerprint density at radius 1 is 0.585 bits per heavy atom. The summed E-state index contributed by atoms with van der Waals surface area (Å²) in [6, 6.07) is 14.8. The second-order valence-electron chi connectivity index (χ2n) is 11.2. The lowest BCUT2D eigenvalue weighted by Gasteiger charge is -2.16. The molecule has 0 fully saturated rings. The average molecular weight is 802 g/mol. The number of nitrogens with zero attached hydrogens (tertiary/aromatic N) is 2. The molecule has 0 radical (unpaired) electrons. The summed E-state index contributed by atoms with van der Waals surface area (Å²) in [6.45, 7) is 3.97. The van der Waals surface area contributed by atoms with E-state index in [2.05, 4.69) is 0 Å². The SMILES string of the molecule is CCOC(=O)Cc1ccc(N2C(=O)c3c(Cl)ccc(OC)c3C2=O)c(Cl)c1.CCOC(=O)Cc1ccc(N2C(=O)c3c(O)ccc(Cl)c3C2=O)c(Cl)c1. The normalized spacial score (nSPS) is 13.0. The summed E-state index contributed by atoms with van der Waals surface area (Å²) in [4.78, 5) is 76.0. The van der Waals surface area contributed by atoms with E-state index in [0.717, 1.165) is 9.80 Å². The predicted molar refractivity (Wildman–Crippen MR) is 197 cm³/mol. The van der Waals surface area contributed by atoms with E-state index in [1.54, 1.807) is 26.0 Å². The Bertz CT molecular complexity index is 2170. The maximum Gasteiger partial charge on any atom is 0.310 e. The zero-order valence-corrected chi connectivity index (χ0v) is 31.2. The lowest BCUT2D eigenvalue weighted by molar-refractivity contribution is -0.143. The first-order chi connectivity index (χ1) is 25.2. The number of phenolic OH excluding ortho intramolecular Hbond substituents is 1. The fraction of sp³-hybridized carbons (Fsp3) is 0.189. The molecule has 0 aliphatic carbocycles. The van der Waals surface area contributed by atoms with E-state index in [1.165, 1.54) is 55.6 Å². The number of phenols is 1. The fourth-order valence-electron chi connectivity index (χ4n) is 5.65. The Balaban J connectivity index is 0.000000204. The Labute approximate surface area is 322 Å². The predicted octanol–water partition coefficient (Wildman–Crippen LogP) is 7.51. The number of fused-ring (bicyclic) bond motifs is 2. The van der Waals surface area contributed by atoms with E-state index < -0.39 is 35.6 Å². The number of rotatable bonds is 9. The first-order valence-corrected chi connectivity index (χ1v) is 17.3. The van der Waals surface area contributed by atoms with Crippen molar-refractivity contribution in [3.63, 3.8) is 0 Å². The number of hydrogen-bond donors (Lipinski definition) is 1. The van der Waals surface area contributed by atoms with Gasteiger partial charge in [0, 0.05) is 0 Å². The topological polar surface area (TPSA) is 157 Å². The van der Waals surface area contributed by atoms with Gasteiger partial charge < -0.3 is 19.3 Å². The number of amides is 4. The standard InChI is InChI=1S/C19H15Cl2NO5.C18H13Cl2NO5/c1-3-27-15(23)9-10-4-6-13(12(21)8-10)22-18(24)16-11(20)5-7-14(26-2)17(16)19(22)25;1-2-26-14(23)8-9-3-5-12(11(20)7-9)21-17(24)15-10(19)4-6-13(22)16(15)18(21)25/h4-8H,3,9H2,1-2H3;3-7,22H,2,8H2,1H3. The number of ether oxygens (including phenoxy) is 3. The number of anilines is 2. The van der Waals surface area contributed by atoms with Gasteiger partial charge in [-0.2, -0.15) is 0 Å². The Morgan fingerprint density at radius 2 is 1.00 bits per heavy atom. The van der Waals surface area contributed by atoms with Crippen molar-refractivity contribution >= 4 is 93.3 Å². The van der Waals surface area contributed by atoms with Crippen LogP contribution in [0.25, 0.3) is 0 Å². The molecule has 0 spiro atoms. The van der Waals surface area contributed by atoms with Crippen LogP contribution in [0.2, 0.25) is 20.1 Å². The molecule has 0 saturated heterocycles. The number of methoxy groups -OCH3 is 1. The number of carbonyl (C=O) groups is 6. The number of imide groups is 2. The van der Waals surface area contributed by atoms with Gasteiger partial charge in [-0.25, -0.2) is 9.80 Å². The Kier molecular flexibility index (Phi) is 12.0. The largest absolute Gasteiger partial charge is 0.507 e. The lowest BCUT2D eigenvalue weighted by atomic mass is 10.1. The highest BCUT2D eigenvalue weighted by atomic mass is 35.5. The van der Waals surface area contributed by atoms with Crippen LogP contribution in [0, 0.1) is 0 Å². The summed E-state index contributed by atoms with van der Waals surface area (Å²) in [5.74, 6) is -3.43. The highest BCUT2D eigenvalue weighted by molar-refractivity contribution is 6.45. The summed E-state index contributed by atoms with van der Waals surface area (Å²) in [5, 5.41) is 10.4. The quantitative estimate of drug-likeness (QED) is 0.133. The van der Waals surface area contributed by atoms with Crippen molar-refractivity contribution in [2.75, 3.05) is 30.1 Å². The molecule has 0 unspecified atom stereocenters. The van der Waals surface area contributed by atoms with Gasteiger partial charge in [0.25, 0.3) is 23.6 Å². The van der Waals surface area contributed by atoms with Crippen LogP contribution in [-0.4, -0.2) is 61.0 Å². The van der Waals surface area contributed by atoms with Crippen molar-refractivity contribution in [1.29, 1.82) is 0 Å². The van der Waals surface area contributed by atoms with Gasteiger partial charge in [-0.1, -0.05) is 58.5 Å². The van der Waals surface area contributed by atoms with Crippen LogP contribution in [0.5, 0.6) is 11.5 Å². The molecule has 0 saturated carbocycles. The number of carbonyl (C=O) groups excluding carboxylic acids is 6. The van der Waals surface area contributed by atoms with Crippen molar-refractivity contribution in [3.05, 3.63) is 114 Å². The van der Waals surface area contributed by atoms with E-state index in [4.69, 9.17) is 60.6 Å². The van der Waals surface area contributed by atoms with Gasteiger partial charge >= 0.3 is 11.9 Å². The summed E-state index contributed by atoms with van der Waals surface area (Å²) < 4.78 is 15.0. The van der Waals surface area contributed by atoms with Gasteiger partial charge in [0.05, 0.1) is 86.9 Å². The third-order valence-electron chi connectivity index (χ3n) is 7.95. The minimum absolute atomic E-state index is 0.0164. The van der Waals surface area contributed by atoms with Gasteiger partial charge in [0.1, 0.15) is 11.5 Å². The zero-order valence-electron chi connectivity index (χ0n) is 28.1. The third-order valence-corrected chi connectivity index (χ3v) is 9.19. The third kappa shape index (κ3) is 7.67. The molecule has 16 heteroatoms. The molecule has 2 heterocycles. The van der Waals surface area contributed by atoms with Gasteiger partial charge in [-0.15, -0.1) is 0 Å². The number of hydrogen-bond acceptors (Lipinski definition) is 10. The fourth-order valence-corrected chi connectivity index (χ4v) is 6.70. The molecule has 2 aliphatic heterocycles. The van der Waals surface area contributed by atoms with E-state index in [9.17, 15) is 33.9 Å². The molecule has 0 atom stereocenters. The molecule has 1 N–H and O–H groups in total. The summed E-state index contributed by atoms with van der Waals surface area (Å²) >= 11 is 24.7. The minimum atomic E-state index is -0.718. The van der Waals surface area contributed by atoms with Crippen LogP contribution in [0.1, 0.15) is 66.4 Å².